The molecule has 0 aliphatic heterocycles. The van der Waals surface area contributed by atoms with Crippen LogP contribution in [0.25, 0.3) is 0 Å². The number of hydrogen-bond donors (Lipinski definition) is 2. The molecule has 1 saturated carbocycles. The molecule has 0 bridgehead atoms. The van der Waals surface area contributed by atoms with Gasteiger partial charge in [-0.15, -0.1) is 0 Å². The number of aliphatic hydroxyl groups is 1. The van der Waals surface area contributed by atoms with Crippen molar-refractivity contribution in [2.24, 2.45) is 5.92 Å². The zero-order valence-corrected chi connectivity index (χ0v) is 15.1. The van der Waals surface area contributed by atoms with Crippen LogP contribution < -0.4 is 11.0 Å². The highest BCUT2D eigenvalue weighted by molar-refractivity contribution is 5.76. The number of carbonyl (C=O) groups excluding carboxylic acids is 1. The maximum Gasteiger partial charge on any atom is 0.348 e. The second-order valence-corrected chi connectivity index (χ2v) is 6.99. The Balaban J connectivity index is 1.70. The molecule has 1 atom stereocenters. The van der Waals surface area contributed by atoms with Crippen molar-refractivity contribution in [2.45, 2.75) is 51.8 Å². The molecule has 0 radical (unpaired) electrons. The monoisotopic (exact) mass is 356 g/mol. The van der Waals surface area contributed by atoms with Crippen LogP contribution in [0.15, 0.2) is 35.3 Å². The Hall–Kier alpha value is -2.54. The topological polar surface area (TPSA) is 97.1 Å². The van der Waals surface area contributed by atoms with Gasteiger partial charge in [0.2, 0.25) is 5.91 Å². The molecule has 2 N–H and O–H groups in total. The molecule has 2 aromatic rings. The van der Waals surface area contributed by atoms with Crippen LogP contribution in [0.4, 0.5) is 0 Å². The molecule has 1 fully saturated rings. The van der Waals surface area contributed by atoms with Crippen molar-refractivity contribution in [1.29, 1.82) is 0 Å². The minimum absolute atomic E-state index is 0.0636. The first-order valence-corrected chi connectivity index (χ1v) is 8.85. The van der Waals surface area contributed by atoms with E-state index < -0.39 is 5.69 Å². The summed E-state index contributed by atoms with van der Waals surface area (Å²) in [4.78, 5) is 32.8. The summed E-state index contributed by atoms with van der Waals surface area (Å²) in [6.07, 6.45) is 3.37. The van der Waals surface area contributed by atoms with Crippen molar-refractivity contribution in [3.63, 3.8) is 0 Å². The number of rotatable bonds is 6. The van der Waals surface area contributed by atoms with E-state index >= 15 is 0 Å². The van der Waals surface area contributed by atoms with Gasteiger partial charge in [0.05, 0.1) is 6.10 Å². The highest BCUT2D eigenvalue weighted by Crippen LogP contribution is 2.31. The van der Waals surface area contributed by atoms with E-state index in [4.69, 9.17) is 0 Å². The summed E-state index contributed by atoms with van der Waals surface area (Å²) in [5, 5.41) is 12.6. The van der Waals surface area contributed by atoms with Gasteiger partial charge in [0.1, 0.15) is 6.54 Å². The van der Waals surface area contributed by atoms with Crippen molar-refractivity contribution in [3.8, 4) is 0 Å². The van der Waals surface area contributed by atoms with E-state index in [-0.39, 0.29) is 30.5 Å². The van der Waals surface area contributed by atoms with Crippen LogP contribution in [0.5, 0.6) is 0 Å². The molecule has 1 aliphatic rings. The van der Waals surface area contributed by atoms with Gasteiger partial charge in [-0.3, -0.25) is 14.3 Å². The van der Waals surface area contributed by atoms with E-state index in [1.54, 1.807) is 26.1 Å². The first-order valence-electron chi connectivity index (χ1n) is 8.85. The van der Waals surface area contributed by atoms with Crippen LogP contribution >= 0.6 is 0 Å². The zero-order valence-electron chi connectivity index (χ0n) is 15.1. The van der Waals surface area contributed by atoms with Crippen LogP contribution in [0.1, 0.15) is 29.9 Å². The third kappa shape index (κ3) is 4.35. The third-order valence-corrected chi connectivity index (χ3v) is 4.87. The molecule has 1 amide bonds. The van der Waals surface area contributed by atoms with Gasteiger partial charge in [0.15, 0.2) is 0 Å². The number of nitrogens with zero attached hydrogens (tertiary/aromatic N) is 3. The van der Waals surface area contributed by atoms with E-state index in [0.717, 1.165) is 5.69 Å². The molecular weight excluding hydrogens is 332 g/mol. The SMILES string of the molecule is Cc1cc(C)n(CC(=O)NC(Cc2ccccn2)C2CC(O)C2)c(=O)n1. The van der Waals surface area contributed by atoms with Crippen molar-refractivity contribution >= 4 is 5.91 Å². The van der Waals surface area contributed by atoms with Crippen LogP contribution in [-0.2, 0) is 17.8 Å². The molecule has 26 heavy (non-hydrogen) atoms. The largest absolute Gasteiger partial charge is 0.393 e. The number of carbonyl (C=O) groups is 1. The molecule has 0 saturated heterocycles. The number of nitrogens with one attached hydrogen (secondary N) is 1. The van der Waals surface area contributed by atoms with Gasteiger partial charge in [-0.1, -0.05) is 6.07 Å². The van der Waals surface area contributed by atoms with Crippen molar-refractivity contribution in [1.82, 2.24) is 19.9 Å². The Kier molecular flexibility index (Phi) is 5.46. The predicted molar refractivity (Wildman–Crippen MR) is 96.6 cm³/mol. The second kappa shape index (κ2) is 7.78. The molecule has 2 aromatic heterocycles. The Bertz CT molecular complexity index is 828. The molecule has 1 aliphatic carbocycles. The fourth-order valence-corrected chi connectivity index (χ4v) is 3.40. The molecule has 138 valence electrons. The van der Waals surface area contributed by atoms with Crippen LogP contribution in [0.3, 0.4) is 0 Å². The summed E-state index contributed by atoms with van der Waals surface area (Å²) in [6, 6.07) is 7.35. The van der Waals surface area contributed by atoms with Gasteiger partial charge >= 0.3 is 5.69 Å². The number of hydrogen-bond acceptors (Lipinski definition) is 5. The fraction of sp³-hybridized carbons (Fsp3) is 0.474. The number of aryl methyl sites for hydroxylation is 2. The van der Waals surface area contributed by atoms with E-state index in [0.29, 0.717) is 30.7 Å². The van der Waals surface area contributed by atoms with Gasteiger partial charge in [0.25, 0.3) is 0 Å². The lowest BCUT2D eigenvalue weighted by Gasteiger charge is -2.38. The molecule has 3 rings (SSSR count). The third-order valence-electron chi connectivity index (χ3n) is 4.87. The number of amides is 1. The molecule has 7 heteroatoms. The van der Waals surface area contributed by atoms with E-state index in [9.17, 15) is 14.7 Å². The standard InChI is InChI=1S/C19H24N4O3/c1-12-7-13(2)23(19(26)21-12)11-18(25)22-17(14-8-16(24)9-14)10-15-5-3-4-6-20-15/h3-7,14,16-17,24H,8-11H2,1-2H3,(H,22,25). The number of aromatic nitrogens is 3. The maximum atomic E-state index is 12.5. The van der Waals surface area contributed by atoms with Crippen LogP contribution in [0.2, 0.25) is 0 Å². The Morgan fingerprint density at radius 3 is 2.77 bits per heavy atom. The molecule has 2 heterocycles. The lowest BCUT2D eigenvalue weighted by atomic mass is 9.76. The summed E-state index contributed by atoms with van der Waals surface area (Å²) in [7, 11) is 0. The maximum absolute atomic E-state index is 12.5. The molecular formula is C19H24N4O3. The highest BCUT2D eigenvalue weighted by Gasteiger charge is 2.35. The van der Waals surface area contributed by atoms with Gasteiger partial charge in [-0.25, -0.2) is 4.79 Å². The van der Waals surface area contributed by atoms with Crippen molar-refractivity contribution in [3.05, 3.63) is 58.0 Å². The Morgan fingerprint density at radius 2 is 2.15 bits per heavy atom. The Morgan fingerprint density at radius 1 is 1.38 bits per heavy atom. The summed E-state index contributed by atoms with van der Waals surface area (Å²) in [5.74, 6) is -0.0203. The van der Waals surface area contributed by atoms with Crippen LogP contribution in [-0.4, -0.2) is 37.7 Å². The van der Waals surface area contributed by atoms with Gasteiger partial charge in [-0.05, 0) is 50.8 Å². The summed E-state index contributed by atoms with van der Waals surface area (Å²) >= 11 is 0. The van der Waals surface area contributed by atoms with E-state index in [1.165, 1.54) is 4.57 Å². The van der Waals surface area contributed by atoms with E-state index in [2.05, 4.69) is 15.3 Å². The summed E-state index contributed by atoms with van der Waals surface area (Å²) in [5.41, 5.74) is 1.82. The minimum Gasteiger partial charge on any atom is -0.393 e. The fourth-order valence-electron chi connectivity index (χ4n) is 3.40. The quantitative estimate of drug-likeness (QED) is 0.796. The molecule has 1 unspecified atom stereocenters. The highest BCUT2D eigenvalue weighted by atomic mass is 16.3. The average molecular weight is 356 g/mol. The van der Waals surface area contributed by atoms with Gasteiger partial charge < -0.3 is 10.4 Å². The first-order chi connectivity index (χ1) is 12.4. The molecule has 0 aromatic carbocycles. The lowest BCUT2D eigenvalue weighted by molar-refractivity contribution is -0.123. The first kappa shape index (κ1) is 18.3. The van der Waals surface area contributed by atoms with Gasteiger partial charge in [-0.2, -0.15) is 4.98 Å². The van der Waals surface area contributed by atoms with Crippen molar-refractivity contribution < 1.29 is 9.90 Å². The zero-order chi connectivity index (χ0) is 18.7. The molecule has 7 nitrogen and oxygen atoms in total. The smallest absolute Gasteiger partial charge is 0.348 e. The predicted octanol–water partition coefficient (Wildman–Crippen LogP) is 0.754. The second-order valence-electron chi connectivity index (χ2n) is 6.99. The summed E-state index contributed by atoms with van der Waals surface area (Å²) in [6.45, 7) is 3.48. The molecule has 0 spiro atoms. The van der Waals surface area contributed by atoms with E-state index in [1.807, 2.05) is 18.2 Å². The minimum atomic E-state index is -0.419. The lowest BCUT2D eigenvalue weighted by Crippen LogP contribution is -2.49. The van der Waals surface area contributed by atoms with Crippen LogP contribution in [0, 0.1) is 19.8 Å². The van der Waals surface area contributed by atoms with Crippen molar-refractivity contribution in [2.75, 3.05) is 0 Å². The number of pyridine rings is 1. The number of aliphatic hydroxyl groups excluding tert-OH is 1. The average Bonchev–Trinajstić information content (AvgIpc) is 2.55. The normalized spacial score (nSPS) is 20.3. The Labute approximate surface area is 152 Å². The summed E-state index contributed by atoms with van der Waals surface area (Å²) < 4.78 is 1.37. The van der Waals surface area contributed by atoms with Gasteiger partial charge in [0, 0.05) is 35.7 Å².